The molecule has 0 unspecified atom stereocenters. The van der Waals surface area contributed by atoms with Crippen molar-refractivity contribution in [1.29, 1.82) is 0 Å². The van der Waals surface area contributed by atoms with E-state index in [0.717, 1.165) is 23.0 Å². The average Bonchev–Trinajstić information content (AvgIpc) is 2.83. The highest BCUT2D eigenvalue weighted by Crippen LogP contribution is 2.19. The minimum Gasteiger partial charge on any atom is -0.468 e. The highest BCUT2D eigenvalue weighted by atomic mass is 32.2. The van der Waals surface area contributed by atoms with Crippen LogP contribution in [0.5, 0.6) is 0 Å². The van der Waals surface area contributed by atoms with E-state index in [9.17, 15) is 0 Å². The van der Waals surface area contributed by atoms with Crippen LogP contribution >= 0.6 is 11.8 Å². The van der Waals surface area contributed by atoms with E-state index >= 15 is 0 Å². The maximum Gasteiger partial charge on any atom is 0.113 e. The molecule has 3 nitrogen and oxygen atoms in total. The van der Waals surface area contributed by atoms with Crippen LogP contribution in [0.1, 0.15) is 17.0 Å². The van der Waals surface area contributed by atoms with Crippen LogP contribution in [0.25, 0.3) is 0 Å². The van der Waals surface area contributed by atoms with Gasteiger partial charge in [0.2, 0.25) is 0 Å². The van der Waals surface area contributed by atoms with Crippen LogP contribution in [0.4, 0.5) is 0 Å². The second kappa shape index (κ2) is 5.72. The fourth-order valence-electron chi connectivity index (χ4n) is 1.44. The molecule has 2 aromatic heterocycles. The van der Waals surface area contributed by atoms with Crippen molar-refractivity contribution < 1.29 is 4.42 Å². The number of thioether (sulfide) groups is 1. The molecule has 0 atom stereocenters. The van der Waals surface area contributed by atoms with Gasteiger partial charge in [0.25, 0.3) is 0 Å². The third kappa shape index (κ3) is 2.87. The summed E-state index contributed by atoms with van der Waals surface area (Å²) < 4.78 is 5.27. The molecule has 4 heteroatoms. The van der Waals surface area contributed by atoms with Gasteiger partial charge in [-0.2, -0.15) is 0 Å². The number of aromatic nitrogens is 1. The number of hydrogen-bond acceptors (Lipinski definition) is 4. The molecule has 0 aliphatic heterocycles. The molecule has 0 saturated heterocycles. The Hall–Kier alpha value is -1.26. The van der Waals surface area contributed by atoms with Crippen LogP contribution < -0.4 is 5.73 Å². The summed E-state index contributed by atoms with van der Waals surface area (Å²) >= 11 is 1.80. The number of hydrogen-bond donors (Lipinski definition) is 1. The summed E-state index contributed by atoms with van der Waals surface area (Å²) in [4.78, 5) is 4.25. The normalized spacial score (nSPS) is 10.6. The van der Waals surface area contributed by atoms with Crippen molar-refractivity contribution in [3.05, 3.63) is 53.7 Å². The zero-order chi connectivity index (χ0) is 11.2. The predicted octanol–water partition coefficient (Wildman–Crippen LogP) is 2.57. The van der Waals surface area contributed by atoms with Gasteiger partial charge in [0, 0.05) is 18.5 Å². The van der Waals surface area contributed by atoms with Crippen molar-refractivity contribution in [2.75, 3.05) is 0 Å². The van der Waals surface area contributed by atoms with Crippen molar-refractivity contribution >= 4 is 11.8 Å². The van der Waals surface area contributed by atoms with Crippen LogP contribution in [-0.2, 0) is 18.1 Å². The summed E-state index contributed by atoms with van der Waals surface area (Å²) in [7, 11) is 0. The molecule has 0 bridgehead atoms. The van der Waals surface area contributed by atoms with E-state index in [1.807, 2.05) is 18.2 Å². The first-order chi connectivity index (χ1) is 7.90. The average molecular weight is 234 g/mol. The van der Waals surface area contributed by atoms with Crippen molar-refractivity contribution in [3.8, 4) is 0 Å². The zero-order valence-electron chi connectivity index (χ0n) is 8.93. The van der Waals surface area contributed by atoms with Crippen LogP contribution in [0.2, 0.25) is 0 Å². The summed E-state index contributed by atoms with van der Waals surface area (Å²) in [5, 5.41) is 0. The lowest BCUT2D eigenvalue weighted by molar-refractivity contribution is 0.530. The second-order valence-electron chi connectivity index (χ2n) is 3.39. The molecule has 2 N–H and O–H groups in total. The Kier molecular flexibility index (Phi) is 4.02. The largest absolute Gasteiger partial charge is 0.468 e. The Labute approximate surface area is 99.1 Å². The smallest absolute Gasteiger partial charge is 0.113 e. The summed E-state index contributed by atoms with van der Waals surface area (Å²) in [6.07, 6.45) is 3.48. The highest BCUT2D eigenvalue weighted by Gasteiger charge is 2.02. The fraction of sp³-hybridized carbons (Fsp3) is 0.250. The van der Waals surface area contributed by atoms with Gasteiger partial charge >= 0.3 is 0 Å². The summed E-state index contributed by atoms with van der Waals surface area (Å²) in [5.41, 5.74) is 7.82. The molecule has 16 heavy (non-hydrogen) atoms. The summed E-state index contributed by atoms with van der Waals surface area (Å²) in [6.45, 7) is 0.498. The number of nitrogens with two attached hydrogens (primary N) is 1. The number of rotatable bonds is 5. The van der Waals surface area contributed by atoms with Gasteiger partial charge in [0.15, 0.2) is 0 Å². The lowest BCUT2D eigenvalue weighted by Gasteiger charge is -2.05. The van der Waals surface area contributed by atoms with Crippen LogP contribution in [-0.4, -0.2) is 4.98 Å². The molecule has 0 aliphatic carbocycles. The predicted molar refractivity (Wildman–Crippen MR) is 65.8 cm³/mol. The molecule has 2 heterocycles. The Morgan fingerprint density at radius 2 is 2.19 bits per heavy atom. The molecule has 2 aromatic rings. The van der Waals surface area contributed by atoms with Crippen LogP contribution in [0.3, 0.4) is 0 Å². The van der Waals surface area contributed by atoms with Crippen LogP contribution in [0, 0.1) is 0 Å². The lowest BCUT2D eigenvalue weighted by atomic mass is 10.2. The standard InChI is InChI=1S/C12H14N2OS/c13-7-12-10(3-1-5-14-12)8-16-9-11-4-2-6-15-11/h1-6H,7-9,13H2. The summed E-state index contributed by atoms with van der Waals surface area (Å²) in [6, 6.07) is 7.91. The van der Waals surface area contributed by atoms with E-state index in [1.54, 1.807) is 24.2 Å². The van der Waals surface area contributed by atoms with Gasteiger partial charge < -0.3 is 10.2 Å². The topological polar surface area (TPSA) is 52.0 Å². The second-order valence-corrected chi connectivity index (χ2v) is 4.37. The van der Waals surface area contributed by atoms with Crippen molar-refractivity contribution in [2.45, 2.75) is 18.1 Å². The zero-order valence-corrected chi connectivity index (χ0v) is 9.74. The maximum atomic E-state index is 5.63. The Morgan fingerprint density at radius 3 is 2.94 bits per heavy atom. The third-order valence-electron chi connectivity index (χ3n) is 2.26. The molecule has 0 spiro atoms. The molecule has 0 saturated carbocycles. The first kappa shape index (κ1) is 11.2. The molecule has 0 radical (unpaired) electrons. The van der Waals surface area contributed by atoms with E-state index < -0.39 is 0 Å². The molecular formula is C12H14N2OS. The van der Waals surface area contributed by atoms with E-state index in [-0.39, 0.29) is 0 Å². The van der Waals surface area contributed by atoms with E-state index in [0.29, 0.717) is 6.54 Å². The third-order valence-corrected chi connectivity index (χ3v) is 3.26. The van der Waals surface area contributed by atoms with Gasteiger partial charge in [-0.15, -0.1) is 11.8 Å². The molecule has 0 fully saturated rings. The Balaban J connectivity index is 1.89. The number of nitrogens with zero attached hydrogens (tertiary/aromatic N) is 1. The fourth-order valence-corrected chi connectivity index (χ4v) is 2.39. The summed E-state index contributed by atoms with van der Waals surface area (Å²) in [5.74, 6) is 2.80. The number of furan rings is 1. The van der Waals surface area contributed by atoms with Crippen LogP contribution in [0.15, 0.2) is 41.1 Å². The lowest BCUT2D eigenvalue weighted by Crippen LogP contribution is -2.03. The van der Waals surface area contributed by atoms with Gasteiger partial charge in [-0.05, 0) is 23.8 Å². The Morgan fingerprint density at radius 1 is 1.25 bits per heavy atom. The minimum atomic E-state index is 0.498. The maximum absolute atomic E-state index is 5.63. The van der Waals surface area contributed by atoms with Gasteiger partial charge in [-0.25, -0.2) is 0 Å². The number of pyridine rings is 1. The van der Waals surface area contributed by atoms with Gasteiger partial charge in [0.1, 0.15) is 5.76 Å². The van der Waals surface area contributed by atoms with Crippen molar-refractivity contribution in [1.82, 2.24) is 4.98 Å². The molecule has 2 rings (SSSR count). The molecule has 0 aromatic carbocycles. The van der Waals surface area contributed by atoms with Gasteiger partial charge in [-0.3, -0.25) is 4.98 Å². The van der Waals surface area contributed by atoms with E-state index in [4.69, 9.17) is 10.2 Å². The molecule has 0 amide bonds. The van der Waals surface area contributed by atoms with E-state index in [1.165, 1.54) is 5.56 Å². The van der Waals surface area contributed by atoms with E-state index in [2.05, 4.69) is 11.1 Å². The Bertz CT molecular complexity index is 428. The van der Waals surface area contributed by atoms with Gasteiger partial charge in [0.05, 0.1) is 17.7 Å². The highest BCUT2D eigenvalue weighted by molar-refractivity contribution is 7.97. The van der Waals surface area contributed by atoms with Crippen molar-refractivity contribution in [2.24, 2.45) is 5.73 Å². The monoisotopic (exact) mass is 234 g/mol. The molecule has 0 aliphatic rings. The van der Waals surface area contributed by atoms with Crippen molar-refractivity contribution in [3.63, 3.8) is 0 Å². The molecule has 84 valence electrons. The quantitative estimate of drug-likeness (QED) is 0.864. The SMILES string of the molecule is NCc1ncccc1CSCc1ccco1. The minimum absolute atomic E-state index is 0.498. The first-order valence-electron chi connectivity index (χ1n) is 5.13. The first-order valence-corrected chi connectivity index (χ1v) is 6.28. The van der Waals surface area contributed by atoms with Gasteiger partial charge in [-0.1, -0.05) is 6.07 Å². The molecular weight excluding hydrogens is 220 g/mol.